The molecule has 0 saturated heterocycles. The van der Waals surface area contributed by atoms with Crippen molar-refractivity contribution in [3.63, 3.8) is 0 Å². The molecule has 0 spiro atoms. The second-order valence-electron chi connectivity index (χ2n) is 6.12. The van der Waals surface area contributed by atoms with Crippen LogP contribution < -0.4 is 0 Å². The van der Waals surface area contributed by atoms with E-state index in [9.17, 15) is 49.9 Å². The third-order valence-electron chi connectivity index (χ3n) is 4.03. The largest absolute Gasteiger partial charge is 0.454 e. The lowest BCUT2D eigenvalue weighted by atomic mass is 9.90. The fourth-order valence-electron chi connectivity index (χ4n) is 2.62. The van der Waals surface area contributed by atoms with E-state index in [1.165, 1.54) is 6.07 Å². The van der Waals surface area contributed by atoms with E-state index in [0.29, 0.717) is 6.07 Å². The molecule has 0 radical (unpaired) electrons. The number of nitriles is 1. The van der Waals surface area contributed by atoms with Gasteiger partial charge in [-0.2, -0.15) is 44.8 Å². The van der Waals surface area contributed by atoms with Crippen molar-refractivity contribution in [2.45, 2.75) is 30.7 Å². The number of hydrogen-bond acceptors (Lipinski definition) is 5. The number of ether oxygens (including phenoxy) is 1. The number of rotatable bonds is 5. The highest BCUT2D eigenvalue weighted by atomic mass is 19.4. The molecular weight excluding hydrogens is 451 g/mol. The first kappa shape index (κ1) is 24.5. The van der Waals surface area contributed by atoms with Crippen molar-refractivity contribution in [2.24, 2.45) is 5.92 Å². The summed E-state index contributed by atoms with van der Waals surface area (Å²) in [6.07, 6.45) is -19.6. The third-order valence-corrected chi connectivity index (χ3v) is 4.03. The van der Waals surface area contributed by atoms with E-state index in [1.807, 2.05) is 0 Å². The average molecular weight is 462 g/mol. The number of aliphatic hydroxyl groups excluding tert-OH is 1. The quantitative estimate of drug-likeness (QED) is 0.611. The van der Waals surface area contributed by atoms with Gasteiger partial charge in [0.15, 0.2) is 0 Å². The molecule has 0 aromatic carbocycles. The van der Waals surface area contributed by atoms with Gasteiger partial charge in [-0.25, -0.2) is 4.98 Å². The summed E-state index contributed by atoms with van der Waals surface area (Å²) in [6, 6.07) is 2.85. The SMILES string of the molecule is COC(c1ccc(C(F)(F)F)o1)C(C#N)C(O)c1cc(C(F)(F)F)nc(C(F)(F)F)c1. The standard InChI is InChI=1S/C17H11F9N2O3/c1-30-14(9-2-3-12(31-9)17(24,25)26)8(6-27)13(29)7-4-10(15(18,19)20)28-11(5-7)16(21,22)23/h2-5,8,13-14,29H,1H3. The van der Waals surface area contributed by atoms with E-state index in [0.717, 1.165) is 13.2 Å². The Hall–Kier alpha value is -2.79. The number of pyridine rings is 1. The van der Waals surface area contributed by atoms with Crippen molar-refractivity contribution in [2.75, 3.05) is 7.11 Å². The molecule has 0 saturated carbocycles. The van der Waals surface area contributed by atoms with Gasteiger partial charge in [0.05, 0.1) is 12.2 Å². The average Bonchev–Trinajstić information content (AvgIpc) is 3.14. The summed E-state index contributed by atoms with van der Waals surface area (Å²) in [4.78, 5) is 2.48. The molecule has 31 heavy (non-hydrogen) atoms. The van der Waals surface area contributed by atoms with Crippen LogP contribution in [0.3, 0.4) is 0 Å². The Labute approximate surface area is 167 Å². The molecule has 0 aliphatic heterocycles. The van der Waals surface area contributed by atoms with E-state index in [2.05, 4.69) is 9.40 Å². The lowest BCUT2D eigenvalue weighted by Crippen LogP contribution is -2.23. The first-order valence-corrected chi connectivity index (χ1v) is 8.03. The molecule has 1 N–H and O–H groups in total. The molecule has 5 nitrogen and oxygen atoms in total. The third kappa shape index (κ3) is 5.47. The zero-order valence-electron chi connectivity index (χ0n) is 15.1. The Kier molecular flexibility index (Phi) is 6.62. The first-order chi connectivity index (χ1) is 14.1. The fourth-order valence-corrected chi connectivity index (χ4v) is 2.62. The van der Waals surface area contributed by atoms with Crippen LogP contribution in [0.4, 0.5) is 39.5 Å². The van der Waals surface area contributed by atoms with Gasteiger partial charge < -0.3 is 14.3 Å². The molecule has 0 aliphatic carbocycles. The number of hydrogen-bond donors (Lipinski definition) is 1. The van der Waals surface area contributed by atoms with Gasteiger partial charge in [0.25, 0.3) is 0 Å². The van der Waals surface area contributed by atoms with Crippen LogP contribution in [0, 0.1) is 17.2 Å². The maximum Gasteiger partial charge on any atom is 0.449 e. The van der Waals surface area contributed by atoms with Gasteiger partial charge in [0.2, 0.25) is 5.76 Å². The van der Waals surface area contributed by atoms with Gasteiger partial charge in [-0.3, -0.25) is 0 Å². The molecule has 2 rings (SSSR count). The van der Waals surface area contributed by atoms with Gasteiger partial charge in [-0.1, -0.05) is 0 Å². The van der Waals surface area contributed by atoms with Crippen molar-refractivity contribution in [3.05, 3.63) is 52.7 Å². The molecule has 3 unspecified atom stereocenters. The predicted molar refractivity (Wildman–Crippen MR) is 81.8 cm³/mol. The minimum absolute atomic E-state index is 0.0975. The number of halogens is 9. The lowest BCUT2D eigenvalue weighted by molar-refractivity contribution is -0.154. The van der Waals surface area contributed by atoms with Crippen LogP contribution in [0.25, 0.3) is 0 Å². The summed E-state index contributed by atoms with van der Waals surface area (Å²) in [5.74, 6) is -4.05. The maximum absolute atomic E-state index is 13.0. The number of aliphatic hydroxyl groups is 1. The first-order valence-electron chi connectivity index (χ1n) is 8.03. The molecule has 170 valence electrons. The molecule has 2 aromatic rings. The molecule has 0 fully saturated rings. The van der Waals surface area contributed by atoms with E-state index in [4.69, 9.17) is 4.74 Å². The van der Waals surface area contributed by atoms with Gasteiger partial charge in [-0.05, 0) is 29.8 Å². The summed E-state index contributed by atoms with van der Waals surface area (Å²) in [5, 5.41) is 19.7. The molecule has 0 aliphatic rings. The Morgan fingerprint density at radius 3 is 1.84 bits per heavy atom. The Morgan fingerprint density at radius 1 is 0.968 bits per heavy atom. The Balaban J connectivity index is 2.52. The van der Waals surface area contributed by atoms with Crippen molar-refractivity contribution in [3.8, 4) is 6.07 Å². The minimum atomic E-state index is -5.32. The Morgan fingerprint density at radius 2 is 1.48 bits per heavy atom. The van der Waals surface area contributed by atoms with Crippen molar-refractivity contribution in [1.29, 1.82) is 5.26 Å². The Bertz CT molecular complexity index is 925. The van der Waals surface area contributed by atoms with Crippen LogP contribution in [0.1, 0.15) is 40.7 Å². The molecule has 14 heteroatoms. The van der Waals surface area contributed by atoms with Gasteiger partial charge in [-0.15, -0.1) is 0 Å². The van der Waals surface area contributed by atoms with Gasteiger partial charge in [0, 0.05) is 7.11 Å². The van der Waals surface area contributed by atoms with E-state index < -0.39 is 65.1 Å². The molecular formula is C17H11F9N2O3. The van der Waals surface area contributed by atoms with Crippen molar-refractivity contribution in [1.82, 2.24) is 4.98 Å². The topological polar surface area (TPSA) is 79.3 Å². The summed E-state index contributed by atoms with van der Waals surface area (Å²) in [5.41, 5.74) is -4.97. The molecule has 3 atom stereocenters. The van der Waals surface area contributed by atoms with Crippen molar-refractivity contribution >= 4 is 0 Å². The second kappa shape index (κ2) is 8.39. The predicted octanol–water partition coefficient (Wildman–Crippen LogP) is 5.29. The van der Waals surface area contributed by atoms with Crippen LogP contribution in [-0.4, -0.2) is 17.2 Å². The number of aromatic nitrogens is 1. The number of methoxy groups -OCH3 is 1. The smallest absolute Gasteiger partial charge is 0.449 e. The summed E-state index contributed by atoms with van der Waals surface area (Å²) >= 11 is 0. The van der Waals surface area contributed by atoms with Crippen LogP contribution in [0.15, 0.2) is 28.7 Å². The van der Waals surface area contributed by atoms with Crippen LogP contribution in [0.2, 0.25) is 0 Å². The number of nitrogens with zero attached hydrogens (tertiary/aromatic N) is 2. The second-order valence-corrected chi connectivity index (χ2v) is 6.12. The summed E-state index contributed by atoms with van der Waals surface area (Å²) < 4.78 is 125. The maximum atomic E-state index is 13.0. The highest BCUT2D eigenvalue weighted by Crippen LogP contribution is 2.41. The fraction of sp³-hybridized carbons (Fsp3) is 0.412. The minimum Gasteiger partial charge on any atom is -0.454 e. The van der Waals surface area contributed by atoms with Crippen LogP contribution >= 0.6 is 0 Å². The van der Waals surface area contributed by atoms with Crippen LogP contribution in [-0.2, 0) is 23.3 Å². The molecule has 0 bridgehead atoms. The number of alkyl halides is 9. The molecule has 2 aromatic heterocycles. The van der Waals surface area contributed by atoms with Gasteiger partial charge in [0.1, 0.15) is 29.2 Å². The monoisotopic (exact) mass is 462 g/mol. The molecule has 0 amide bonds. The van der Waals surface area contributed by atoms with E-state index in [-0.39, 0.29) is 12.1 Å². The highest BCUT2D eigenvalue weighted by molar-refractivity contribution is 5.29. The van der Waals surface area contributed by atoms with E-state index >= 15 is 0 Å². The summed E-state index contributed by atoms with van der Waals surface area (Å²) in [7, 11) is 0.895. The normalized spacial score (nSPS) is 15.9. The van der Waals surface area contributed by atoms with Crippen LogP contribution in [0.5, 0.6) is 0 Å². The van der Waals surface area contributed by atoms with Crippen molar-refractivity contribution < 1.29 is 53.8 Å². The molecule has 2 heterocycles. The zero-order chi connectivity index (χ0) is 23.8. The highest BCUT2D eigenvalue weighted by Gasteiger charge is 2.42. The van der Waals surface area contributed by atoms with E-state index in [1.54, 1.807) is 0 Å². The zero-order valence-corrected chi connectivity index (χ0v) is 15.1. The summed E-state index contributed by atoms with van der Waals surface area (Å²) in [6.45, 7) is 0. The lowest BCUT2D eigenvalue weighted by Gasteiger charge is -2.24. The number of furan rings is 1. The van der Waals surface area contributed by atoms with Gasteiger partial charge >= 0.3 is 18.5 Å².